The normalized spacial score (nSPS) is 10.0. The van der Waals surface area contributed by atoms with Gasteiger partial charge in [0.2, 0.25) is 0 Å². The zero-order valence-electron chi connectivity index (χ0n) is 5.36. The average Bonchev–Trinajstić information content (AvgIpc) is 1.93. The van der Waals surface area contributed by atoms with Crippen LogP contribution < -0.4 is 0 Å². The molecule has 0 aliphatic rings. The van der Waals surface area contributed by atoms with Gasteiger partial charge in [0.1, 0.15) is 5.82 Å². The Bertz CT molecular complexity index is 233. The Hall–Kier alpha value is -0.210. The summed E-state index contributed by atoms with van der Waals surface area (Å²) in [6.45, 7) is 1.62. The predicted molar refractivity (Wildman–Crippen MR) is 43.4 cm³/mol. The highest BCUT2D eigenvalue weighted by atomic mass is 35.5. The third-order valence-electron chi connectivity index (χ3n) is 1.30. The molecule has 0 heterocycles. The Morgan fingerprint density at radius 3 is 2.60 bits per heavy atom. The lowest BCUT2D eigenvalue weighted by atomic mass is 10.2. The van der Waals surface area contributed by atoms with Crippen LogP contribution in [0.25, 0.3) is 0 Å². The first kappa shape index (κ1) is 7.89. The van der Waals surface area contributed by atoms with Crippen molar-refractivity contribution in [3.05, 3.63) is 28.5 Å². The Morgan fingerprint density at radius 2 is 2.10 bits per heavy atom. The summed E-state index contributed by atoms with van der Waals surface area (Å²) in [7, 11) is 0. The molecule has 0 bridgehead atoms. The Balaban J connectivity index is 3.34. The molecule has 54 valence electrons. The number of rotatable bonds is 0. The van der Waals surface area contributed by atoms with E-state index in [0.717, 1.165) is 0 Å². The zero-order valence-corrected chi connectivity index (χ0v) is 7.01. The van der Waals surface area contributed by atoms with E-state index >= 15 is 0 Å². The molecular formula is C7H6ClFS. The van der Waals surface area contributed by atoms with Crippen LogP contribution in [0, 0.1) is 12.7 Å². The minimum absolute atomic E-state index is 0.289. The number of thiol groups is 1. The first-order valence-corrected chi connectivity index (χ1v) is 3.59. The molecule has 0 unspecified atom stereocenters. The Morgan fingerprint density at radius 1 is 1.50 bits per heavy atom. The van der Waals surface area contributed by atoms with Crippen molar-refractivity contribution in [1.82, 2.24) is 0 Å². The van der Waals surface area contributed by atoms with Gasteiger partial charge in [-0.1, -0.05) is 11.6 Å². The quantitative estimate of drug-likeness (QED) is 0.577. The second-order valence-electron chi connectivity index (χ2n) is 2.01. The van der Waals surface area contributed by atoms with Crippen molar-refractivity contribution < 1.29 is 4.39 Å². The van der Waals surface area contributed by atoms with E-state index < -0.39 is 0 Å². The molecule has 0 saturated heterocycles. The standard InChI is InChI=1S/C7H6ClFS/c1-4-5(9)2-3-6(10)7(4)8/h2-3,10H,1H3. The Kier molecular flexibility index (Phi) is 2.21. The van der Waals surface area contributed by atoms with Crippen molar-refractivity contribution in [3.63, 3.8) is 0 Å². The molecule has 0 spiro atoms. The van der Waals surface area contributed by atoms with Crippen LogP contribution in [0.5, 0.6) is 0 Å². The summed E-state index contributed by atoms with van der Waals surface area (Å²) in [4.78, 5) is 0.612. The highest BCUT2D eigenvalue weighted by Gasteiger charge is 2.03. The lowest BCUT2D eigenvalue weighted by Gasteiger charge is -2.00. The van der Waals surface area contributed by atoms with Crippen LogP contribution in [-0.4, -0.2) is 0 Å². The van der Waals surface area contributed by atoms with Crippen LogP contribution in [0.1, 0.15) is 5.56 Å². The van der Waals surface area contributed by atoms with E-state index in [4.69, 9.17) is 11.6 Å². The fourth-order valence-electron chi connectivity index (χ4n) is 0.647. The van der Waals surface area contributed by atoms with E-state index in [1.54, 1.807) is 6.92 Å². The van der Waals surface area contributed by atoms with E-state index in [2.05, 4.69) is 12.6 Å². The molecule has 0 atom stereocenters. The van der Waals surface area contributed by atoms with Crippen LogP contribution in [-0.2, 0) is 0 Å². The highest BCUT2D eigenvalue weighted by molar-refractivity contribution is 7.80. The molecule has 1 rings (SSSR count). The van der Waals surface area contributed by atoms with Gasteiger partial charge >= 0.3 is 0 Å². The molecule has 1 aromatic carbocycles. The fourth-order valence-corrected chi connectivity index (χ4v) is 1.04. The van der Waals surface area contributed by atoms with Crippen molar-refractivity contribution in [2.45, 2.75) is 11.8 Å². The third-order valence-corrected chi connectivity index (χ3v) is 2.29. The molecule has 0 amide bonds. The SMILES string of the molecule is Cc1c(F)ccc(S)c1Cl. The number of benzene rings is 1. The molecule has 3 heteroatoms. The third kappa shape index (κ3) is 1.27. The van der Waals surface area contributed by atoms with Gasteiger partial charge in [-0.25, -0.2) is 4.39 Å². The van der Waals surface area contributed by atoms with Gasteiger partial charge in [0.25, 0.3) is 0 Å². The monoisotopic (exact) mass is 176 g/mol. The first-order chi connectivity index (χ1) is 4.63. The van der Waals surface area contributed by atoms with Crippen LogP contribution >= 0.6 is 24.2 Å². The molecule has 0 radical (unpaired) electrons. The molecule has 0 saturated carbocycles. The van der Waals surface area contributed by atoms with Crippen molar-refractivity contribution in [2.24, 2.45) is 0 Å². The van der Waals surface area contributed by atoms with E-state index in [-0.39, 0.29) is 5.82 Å². The summed E-state index contributed by atoms with van der Waals surface area (Å²) >= 11 is 9.68. The van der Waals surface area contributed by atoms with Gasteiger partial charge in [0.05, 0.1) is 5.02 Å². The lowest BCUT2D eigenvalue weighted by Crippen LogP contribution is -1.83. The molecule has 0 aromatic heterocycles. The highest BCUT2D eigenvalue weighted by Crippen LogP contribution is 2.25. The molecule has 0 nitrogen and oxygen atoms in total. The van der Waals surface area contributed by atoms with Crippen molar-refractivity contribution in [3.8, 4) is 0 Å². The molecular weight excluding hydrogens is 171 g/mol. The minimum atomic E-state index is -0.289. The van der Waals surface area contributed by atoms with E-state index in [0.29, 0.717) is 15.5 Å². The summed E-state index contributed by atoms with van der Waals surface area (Å²) < 4.78 is 12.6. The van der Waals surface area contributed by atoms with Gasteiger partial charge in [-0.05, 0) is 19.1 Å². The molecule has 10 heavy (non-hydrogen) atoms. The van der Waals surface area contributed by atoms with E-state index in [1.807, 2.05) is 0 Å². The van der Waals surface area contributed by atoms with E-state index in [1.165, 1.54) is 12.1 Å². The van der Waals surface area contributed by atoms with Crippen molar-refractivity contribution in [1.29, 1.82) is 0 Å². The second-order valence-corrected chi connectivity index (χ2v) is 2.87. The molecule has 0 N–H and O–H groups in total. The molecule has 0 aliphatic carbocycles. The van der Waals surface area contributed by atoms with Gasteiger partial charge in [-0.2, -0.15) is 0 Å². The Labute approximate surface area is 69.4 Å². The van der Waals surface area contributed by atoms with Crippen molar-refractivity contribution >= 4 is 24.2 Å². The topological polar surface area (TPSA) is 0 Å². The average molecular weight is 177 g/mol. The van der Waals surface area contributed by atoms with Gasteiger partial charge in [0, 0.05) is 10.5 Å². The summed E-state index contributed by atoms with van der Waals surface area (Å²) in [5.41, 5.74) is 0.453. The minimum Gasteiger partial charge on any atom is -0.207 e. The maximum atomic E-state index is 12.6. The van der Waals surface area contributed by atoms with Gasteiger partial charge < -0.3 is 0 Å². The van der Waals surface area contributed by atoms with Crippen LogP contribution in [0.4, 0.5) is 4.39 Å². The smallest absolute Gasteiger partial charge is 0.127 e. The largest absolute Gasteiger partial charge is 0.207 e. The summed E-state index contributed by atoms with van der Waals surface area (Å²) in [5, 5.41) is 0.392. The summed E-state index contributed by atoms with van der Waals surface area (Å²) in [5.74, 6) is -0.289. The summed E-state index contributed by atoms with van der Waals surface area (Å²) in [6, 6.07) is 2.89. The van der Waals surface area contributed by atoms with Crippen molar-refractivity contribution in [2.75, 3.05) is 0 Å². The number of halogens is 2. The summed E-state index contributed by atoms with van der Waals surface area (Å²) in [6.07, 6.45) is 0. The maximum absolute atomic E-state index is 12.6. The number of hydrogen-bond donors (Lipinski definition) is 1. The molecule has 0 fully saturated rings. The predicted octanol–water partition coefficient (Wildman–Crippen LogP) is 3.08. The maximum Gasteiger partial charge on any atom is 0.127 e. The van der Waals surface area contributed by atoms with Crippen LogP contribution in [0.15, 0.2) is 17.0 Å². The second kappa shape index (κ2) is 2.81. The zero-order chi connectivity index (χ0) is 7.72. The van der Waals surface area contributed by atoms with Gasteiger partial charge in [-0.15, -0.1) is 12.6 Å². The van der Waals surface area contributed by atoms with Gasteiger partial charge in [0.15, 0.2) is 0 Å². The fraction of sp³-hybridized carbons (Fsp3) is 0.143. The first-order valence-electron chi connectivity index (χ1n) is 2.76. The van der Waals surface area contributed by atoms with Crippen LogP contribution in [0.3, 0.4) is 0 Å². The van der Waals surface area contributed by atoms with Gasteiger partial charge in [-0.3, -0.25) is 0 Å². The van der Waals surface area contributed by atoms with E-state index in [9.17, 15) is 4.39 Å². The van der Waals surface area contributed by atoms with Crippen LogP contribution in [0.2, 0.25) is 5.02 Å². The lowest BCUT2D eigenvalue weighted by molar-refractivity contribution is 0.617. The molecule has 0 aliphatic heterocycles. The number of hydrogen-bond acceptors (Lipinski definition) is 1. The molecule has 1 aromatic rings.